The van der Waals surface area contributed by atoms with Crippen LogP contribution in [0.1, 0.15) is 57.9 Å². The summed E-state index contributed by atoms with van der Waals surface area (Å²) in [5.41, 5.74) is -0.121. The lowest BCUT2D eigenvalue weighted by molar-refractivity contribution is -0.148. The molecule has 1 atom stereocenters. The number of nitrogens with one attached hydrogen (secondary N) is 2. The zero-order valence-electron chi connectivity index (χ0n) is 15.8. The third-order valence-electron chi connectivity index (χ3n) is 4.48. The molecule has 2 rings (SSSR count). The number of esters is 1. The molecule has 1 unspecified atom stereocenters. The number of aliphatic imine (C=N–C) groups is 1. The maximum atomic E-state index is 11.8. The highest BCUT2D eigenvalue weighted by atomic mass is 32.1. The van der Waals surface area contributed by atoms with E-state index in [1.54, 1.807) is 18.3 Å². The lowest BCUT2D eigenvalue weighted by Gasteiger charge is -2.21. The molecule has 1 aromatic heterocycles. The van der Waals surface area contributed by atoms with E-state index in [1.807, 2.05) is 23.8 Å². The SMILES string of the molecule is CCNC(=NCC(C)(O)c1ccsc1)NCCCC(=O)OC1CCCC1. The number of rotatable bonds is 9. The highest BCUT2D eigenvalue weighted by molar-refractivity contribution is 7.08. The molecule has 26 heavy (non-hydrogen) atoms. The number of hydrogen-bond acceptors (Lipinski definition) is 5. The van der Waals surface area contributed by atoms with Crippen molar-refractivity contribution in [2.24, 2.45) is 4.99 Å². The molecule has 0 bridgehead atoms. The van der Waals surface area contributed by atoms with Crippen LogP contribution in [0.15, 0.2) is 21.8 Å². The molecule has 6 nitrogen and oxygen atoms in total. The Morgan fingerprint density at radius 3 is 2.85 bits per heavy atom. The molecule has 0 saturated heterocycles. The third-order valence-corrected chi connectivity index (χ3v) is 5.17. The number of ether oxygens (including phenoxy) is 1. The Kier molecular flexibility index (Phi) is 8.38. The normalized spacial score (nSPS) is 17.7. The molecule has 1 heterocycles. The highest BCUT2D eigenvalue weighted by Gasteiger charge is 2.23. The van der Waals surface area contributed by atoms with E-state index in [0.29, 0.717) is 25.3 Å². The average Bonchev–Trinajstić information content (AvgIpc) is 3.30. The fraction of sp³-hybridized carbons (Fsp3) is 0.684. The van der Waals surface area contributed by atoms with E-state index >= 15 is 0 Å². The third kappa shape index (κ3) is 6.96. The smallest absolute Gasteiger partial charge is 0.306 e. The monoisotopic (exact) mass is 381 g/mol. The molecule has 1 aromatic rings. The second kappa shape index (κ2) is 10.5. The van der Waals surface area contributed by atoms with Gasteiger partial charge in [-0.25, -0.2) is 4.99 Å². The zero-order valence-corrected chi connectivity index (χ0v) is 16.6. The molecule has 0 aromatic carbocycles. The average molecular weight is 382 g/mol. The minimum Gasteiger partial charge on any atom is -0.462 e. The largest absolute Gasteiger partial charge is 0.462 e. The van der Waals surface area contributed by atoms with Crippen molar-refractivity contribution in [3.8, 4) is 0 Å². The van der Waals surface area contributed by atoms with E-state index in [0.717, 1.165) is 37.8 Å². The van der Waals surface area contributed by atoms with Gasteiger partial charge in [0.2, 0.25) is 0 Å². The first-order valence-corrected chi connectivity index (χ1v) is 10.4. The number of guanidine groups is 1. The van der Waals surface area contributed by atoms with E-state index in [9.17, 15) is 9.90 Å². The van der Waals surface area contributed by atoms with E-state index in [-0.39, 0.29) is 18.6 Å². The van der Waals surface area contributed by atoms with Crippen molar-refractivity contribution in [1.82, 2.24) is 10.6 Å². The number of hydrogen-bond donors (Lipinski definition) is 3. The van der Waals surface area contributed by atoms with Crippen molar-refractivity contribution < 1.29 is 14.6 Å². The Bertz CT molecular complexity index is 567. The zero-order chi connectivity index (χ0) is 18.8. The summed E-state index contributed by atoms with van der Waals surface area (Å²) in [6, 6.07) is 1.91. The predicted molar refractivity (Wildman–Crippen MR) is 105 cm³/mol. The van der Waals surface area contributed by atoms with Crippen LogP contribution in [0, 0.1) is 0 Å². The Labute approximate surface area is 160 Å². The summed E-state index contributed by atoms with van der Waals surface area (Å²) in [7, 11) is 0. The molecule has 7 heteroatoms. The van der Waals surface area contributed by atoms with E-state index in [2.05, 4.69) is 15.6 Å². The van der Waals surface area contributed by atoms with E-state index in [4.69, 9.17) is 4.74 Å². The molecule has 0 spiro atoms. The topological polar surface area (TPSA) is 83.0 Å². The van der Waals surface area contributed by atoms with Gasteiger partial charge in [0.1, 0.15) is 11.7 Å². The number of thiophene rings is 1. The molecule has 1 fully saturated rings. The van der Waals surface area contributed by atoms with Gasteiger partial charge in [-0.1, -0.05) is 0 Å². The van der Waals surface area contributed by atoms with Crippen LogP contribution in [0.2, 0.25) is 0 Å². The highest BCUT2D eigenvalue weighted by Crippen LogP contribution is 2.23. The summed E-state index contributed by atoms with van der Waals surface area (Å²) in [5.74, 6) is 0.535. The predicted octanol–water partition coefficient (Wildman–Crippen LogP) is 2.78. The summed E-state index contributed by atoms with van der Waals surface area (Å²) in [5, 5.41) is 20.8. The van der Waals surface area contributed by atoms with Crippen LogP contribution in [0.25, 0.3) is 0 Å². The molecular weight excluding hydrogens is 350 g/mol. The minimum absolute atomic E-state index is 0.110. The number of carbonyl (C=O) groups excluding carboxylic acids is 1. The van der Waals surface area contributed by atoms with Crippen molar-refractivity contribution >= 4 is 23.3 Å². The van der Waals surface area contributed by atoms with Gasteiger partial charge in [0.05, 0.1) is 6.54 Å². The Morgan fingerprint density at radius 2 is 2.19 bits per heavy atom. The molecule has 146 valence electrons. The first-order valence-electron chi connectivity index (χ1n) is 9.48. The van der Waals surface area contributed by atoms with Crippen LogP contribution in [0.4, 0.5) is 0 Å². The first kappa shape index (κ1) is 20.7. The van der Waals surface area contributed by atoms with Gasteiger partial charge < -0.3 is 20.5 Å². The Hall–Kier alpha value is -1.60. The molecule has 1 aliphatic carbocycles. The van der Waals surface area contributed by atoms with Crippen LogP contribution in [0.5, 0.6) is 0 Å². The fourth-order valence-corrected chi connectivity index (χ4v) is 3.71. The molecule has 1 saturated carbocycles. The fourth-order valence-electron chi connectivity index (χ4n) is 2.93. The van der Waals surface area contributed by atoms with Gasteiger partial charge in [0.25, 0.3) is 0 Å². The molecule has 0 radical (unpaired) electrons. The minimum atomic E-state index is -0.993. The standard InChI is InChI=1S/C19H31N3O3S/c1-3-20-18(22-14-19(2,24)15-10-12-26-13-15)21-11-6-9-17(23)25-16-7-4-5-8-16/h10,12-13,16,24H,3-9,11,14H2,1-2H3,(H2,20,21,22). The number of nitrogens with zero attached hydrogens (tertiary/aromatic N) is 1. The second-order valence-electron chi connectivity index (χ2n) is 6.91. The van der Waals surface area contributed by atoms with Gasteiger partial charge in [0, 0.05) is 19.5 Å². The quantitative estimate of drug-likeness (QED) is 0.265. The maximum absolute atomic E-state index is 11.8. The Morgan fingerprint density at radius 1 is 1.42 bits per heavy atom. The van der Waals surface area contributed by atoms with Gasteiger partial charge in [-0.2, -0.15) is 11.3 Å². The number of aliphatic hydroxyl groups is 1. The van der Waals surface area contributed by atoms with Crippen LogP contribution < -0.4 is 10.6 Å². The lowest BCUT2D eigenvalue weighted by Crippen LogP contribution is -2.39. The lowest BCUT2D eigenvalue weighted by atomic mass is 10.00. The molecule has 1 aliphatic rings. The van der Waals surface area contributed by atoms with Gasteiger partial charge in [0.15, 0.2) is 5.96 Å². The van der Waals surface area contributed by atoms with Crippen LogP contribution >= 0.6 is 11.3 Å². The van der Waals surface area contributed by atoms with Gasteiger partial charge in [-0.3, -0.25) is 4.79 Å². The van der Waals surface area contributed by atoms with Crippen molar-refractivity contribution in [2.75, 3.05) is 19.6 Å². The van der Waals surface area contributed by atoms with E-state index < -0.39 is 5.60 Å². The summed E-state index contributed by atoms with van der Waals surface area (Å²) in [6.45, 7) is 5.39. The Balaban J connectivity index is 1.72. The molecular formula is C19H31N3O3S. The first-order chi connectivity index (χ1) is 12.5. The maximum Gasteiger partial charge on any atom is 0.306 e. The molecule has 0 amide bonds. The summed E-state index contributed by atoms with van der Waals surface area (Å²) in [4.78, 5) is 16.3. The van der Waals surface area contributed by atoms with Gasteiger partial charge >= 0.3 is 5.97 Å². The van der Waals surface area contributed by atoms with Crippen LogP contribution in [-0.4, -0.2) is 42.8 Å². The van der Waals surface area contributed by atoms with Crippen molar-refractivity contribution in [2.45, 2.75) is 64.1 Å². The van der Waals surface area contributed by atoms with Gasteiger partial charge in [-0.05, 0) is 68.3 Å². The van der Waals surface area contributed by atoms with E-state index in [1.165, 1.54) is 0 Å². The van der Waals surface area contributed by atoms with Crippen molar-refractivity contribution in [3.05, 3.63) is 22.4 Å². The van der Waals surface area contributed by atoms with Crippen LogP contribution in [0.3, 0.4) is 0 Å². The molecule has 3 N–H and O–H groups in total. The number of carbonyl (C=O) groups is 1. The molecule has 0 aliphatic heterocycles. The van der Waals surface area contributed by atoms with Crippen molar-refractivity contribution in [1.29, 1.82) is 0 Å². The van der Waals surface area contributed by atoms with Crippen LogP contribution in [-0.2, 0) is 15.1 Å². The second-order valence-corrected chi connectivity index (χ2v) is 7.69. The summed E-state index contributed by atoms with van der Waals surface area (Å²) >= 11 is 1.56. The van der Waals surface area contributed by atoms with Crippen molar-refractivity contribution in [3.63, 3.8) is 0 Å². The van der Waals surface area contributed by atoms with Gasteiger partial charge in [-0.15, -0.1) is 0 Å². The summed E-state index contributed by atoms with van der Waals surface area (Å²) < 4.78 is 5.45. The summed E-state index contributed by atoms with van der Waals surface area (Å²) in [6.07, 6.45) is 5.57.